The molecule has 1 amide bonds. The molecule has 0 atom stereocenters. The maximum Gasteiger partial charge on any atom is 0.397 e. The van der Waals surface area contributed by atoms with Gasteiger partial charge in [-0.25, -0.2) is 4.79 Å². The molecule has 0 rings (SSSR count). The summed E-state index contributed by atoms with van der Waals surface area (Å²) in [6, 6.07) is 0. The third-order valence-electron chi connectivity index (χ3n) is 5.05. The van der Waals surface area contributed by atoms with Crippen molar-refractivity contribution >= 4 is 20.2 Å². The minimum absolute atomic E-state index is 0.219. The van der Waals surface area contributed by atoms with Gasteiger partial charge in [0.25, 0.3) is 0 Å². The molecule has 154 valence electrons. The molecule has 0 aromatic rings. The SMILES string of the molecule is CCOC(=O)C(=O)N(CCCCCCO[Si](C)(C)C(C)(C)C)C(C)(C)C. The average Bonchev–Trinajstić information content (AvgIpc) is 2.47. The summed E-state index contributed by atoms with van der Waals surface area (Å²) < 4.78 is 11.0. The molecule has 0 fully saturated rings. The molecule has 0 unspecified atom stereocenters. The molecule has 0 saturated carbocycles. The van der Waals surface area contributed by atoms with Crippen LogP contribution in [0, 0.1) is 0 Å². The minimum atomic E-state index is -1.66. The van der Waals surface area contributed by atoms with Crippen LogP contribution < -0.4 is 0 Å². The second-order valence-corrected chi connectivity index (χ2v) is 14.2. The lowest BCUT2D eigenvalue weighted by Crippen LogP contribution is -2.49. The number of unbranched alkanes of at least 4 members (excludes halogenated alkanes) is 3. The number of hydrogen-bond donors (Lipinski definition) is 0. The number of carbonyl (C=O) groups excluding carboxylic acids is 2. The van der Waals surface area contributed by atoms with E-state index in [2.05, 4.69) is 33.9 Å². The molecule has 0 aromatic heterocycles. The predicted octanol–water partition coefficient (Wildman–Crippen LogP) is 4.76. The van der Waals surface area contributed by atoms with E-state index in [1.165, 1.54) is 0 Å². The molecule has 0 saturated heterocycles. The van der Waals surface area contributed by atoms with Crippen molar-refractivity contribution in [1.29, 1.82) is 0 Å². The Morgan fingerprint density at radius 3 is 1.92 bits per heavy atom. The third-order valence-corrected chi connectivity index (χ3v) is 9.59. The number of ether oxygens (including phenoxy) is 1. The summed E-state index contributed by atoms with van der Waals surface area (Å²) in [4.78, 5) is 25.7. The van der Waals surface area contributed by atoms with Crippen molar-refractivity contribution in [3.63, 3.8) is 0 Å². The highest BCUT2D eigenvalue weighted by atomic mass is 28.4. The normalized spacial score (nSPS) is 12.8. The van der Waals surface area contributed by atoms with E-state index in [1.807, 2.05) is 20.8 Å². The van der Waals surface area contributed by atoms with Crippen LogP contribution in [0.5, 0.6) is 0 Å². The molecule has 0 aliphatic heterocycles. The Balaban J connectivity index is 4.26. The first-order chi connectivity index (χ1) is 11.7. The quantitative estimate of drug-likeness (QED) is 0.248. The first kappa shape index (κ1) is 25.1. The average molecular weight is 388 g/mol. The van der Waals surface area contributed by atoms with Gasteiger partial charge in [-0.15, -0.1) is 0 Å². The summed E-state index contributed by atoms with van der Waals surface area (Å²) in [5.41, 5.74) is -0.394. The zero-order valence-corrected chi connectivity index (χ0v) is 19.5. The Morgan fingerprint density at radius 2 is 1.46 bits per heavy atom. The van der Waals surface area contributed by atoms with Gasteiger partial charge in [0.05, 0.1) is 6.61 Å². The minimum Gasteiger partial charge on any atom is -0.459 e. The van der Waals surface area contributed by atoms with Crippen LogP contribution in [0.3, 0.4) is 0 Å². The van der Waals surface area contributed by atoms with Crippen LogP contribution >= 0.6 is 0 Å². The van der Waals surface area contributed by atoms with Crippen molar-refractivity contribution in [2.45, 2.75) is 97.8 Å². The topological polar surface area (TPSA) is 55.8 Å². The van der Waals surface area contributed by atoms with Crippen molar-refractivity contribution < 1.29 is 18.8 Å². The highest BCUT2D eigenvalue weighted by molar-refractivity contribution is 6.74. The lowest BCUT2D eigenvalue weighted by molar-refractivity contribution is -0.162. The van der Waals surface area contributed by atoms with Crippen molar-refractivity contribution in [3.05, 3.63) is 0 Å². The Morgan fingerprint density at radius 1 is 0.923 bits per heavy atom. The van der Waals surface area contributed by atoms with Crippen LogP contribution in [0.2, 0.25) is 18.1 Å². The molecular weight excluding hydrogens is 346 g/mol. The molecule has 0 aliphatic carbocycles. The van der Waals surface area contributed by atoms with E-state index in [0.717, 1.165) is 32.3 Å². The van der Waals surface area contributed by atoms with E-state index in [0.29, 0.717) is 6.54 Å². The highest BCUT2D eigenvalue weighted by Crippen LogP contribution is 2.36. The molecule has 0 heterocycles. The van der Waals surface area contributed by atoms with Crippen LogP contribution in [0.4, 0.5) is 0 Å². The van der Waals surface area contributed by atoms with Gasteiger partial charge < -0.3 is 14.1 Å². The molecule has 0 radical (unpaired) electrons. The predicted molar refractivity (Wildman–Crippen MR) is 110 cm³/mol. The number of carbonyl (C=O) groups is 2. The Hall–Kier alpha value is -0.883. The summed E-state index contributed by atoms with van der Waals surface area (Å²) in [6.07, 6.45) is 4.00. The standard InChI is InChI=1S/C20H41NO4Si/c1-10-24-18(23)17(22)21(19(2,3)4)15-13-11-12-14-16-25-26(8,9)20(5,6)7/h10-16H2,1-9H3. The fraction of sp³-hybridized carbons (Fsp3) is 0.900. The van der Waals surface area contributed by atoms with Gasteiger partial charge in [-0.1, -0.05) is 33.6 Å². The molecule has 0 aliphatic rings. The van der Waals surface area contributed by atoms with E-state index in [9.17, 15) is 9.59 Å². The first-order valence-corrected chi connectivity index (χ1v) is 12.8. The Labute approximate surface area is 161 Å². The molecular formula is C20H41NO4Si. The lowest BCUT2D eigenvalue weighted by Gasteiger charge is -2.36. The zero-order valence-electron chi connectivity index (χ0n) is 18.5. The molecule has 0 aromatic carbocycles. The Kier molecular flexibility index (Phi) is 10.1. The highest BCUT2D eigenvalue weighted by Gasteiger charge is 2.36. The van der Waals surface area contributed by atoms with Gasteiger partial charge in [0.2, 0.25) is 0 Å². The van der Waals surface area contributed by atoms with Crippen molar-refractivity contribution in [3.8, 4) is 0 Å². The Bertz CT molecular complexity index is 450. The lowest BCUT2D eigenvalue weighted by atomic mass is 10.0. The summed E-state index contributed by atoms with van der Waals surface area (Å²) in [6.45, 7) is 20.4. The first-order valence-electron chi connectivity index (χ1n) is 9.86. The number of amides is 1. The molecule has 0 N–H and O–H groups in total. The molecule has 0 spiro atoms. The van der Waals surface area contributed by atoms with Crippen molar-refractivity contribution in [2.24, 2.45) is 0 Å². The monoisotopic (exact) mass is 387 g/mol. The van der Waals surface area contributed by atoms with Gasteiger partial charge in [-0.05, 0) is 58.7 Å². The van der Waals surface area contributed by atoms with E-state index >= 15 is 0 Å². The smallest absolute Gasteiger partial charge is 0.397 e. The van der Waals surface area contributed by atoms with Crippen molar-refractivity contribution in [1.82, 2.24) is 4.90 Å². The summed E-state index contributed by atoms with van der Waals surface area (Å²) in [5.74, 6) is -1.30. The van der Waals surface area contributed by atoms with E-state index < -0.39 is 25.7 Å². The number of esters is 1. The van der Waals surface area contributed by atoms with Crippen LogP contribution in [-0.4, -0.2) is 50.4 Å². The zero-order chi connectivity index (χ0) is 20.6. The number of rotatable bonds is 9. The fourth-order valence-corrected chi connectivity index (χ4v) is 3.40. The second kappa shape index (κ2) is 10.5. The van der Waals surface area contributed by atoms with Gasteiger partial charge in [0.15, 0.2) is 8.32 Å². The summed E-state index contributed by atoms with van der Waals surface area (Å²) >= 11 is 0. The van der Waals surface area contributed by atoms with Crippen LogP contribution in [-0.2, 0) is 18.8 Å². The van der Waals surface area contributed by atoms with Crippen molar-refractivity contribution in [2.75, 3.05) is 19.8 Å². The van der Waals surface area contributed by atoms with E-state index in [1.54, 1.807) is 11.8 Å². The maximum absolute atomic E-state index is 12.3. The summed E-state index contributed by atoms with van der Waals surface area (Å²) in [5, 5.41) is 0.244. The van der Waals surface area contributed by atoms with Crippen LogP contribution in [0.1, 0.15) is 74.1 Å². The van der Waals surface area contributed by atoms with Gasteiger partial charge in [-0.3, -0.25) is 4.79 Å². The summed E-state index contributed by atoms with van der Waals surface area (Å²) in [7, 11) is -1.66. The van der Waals surface area contributed by atoms with E-state index in [-0.39, 0.29) is 11.6 Å². The largest absolute Gasteiger partial charge is 0.459 e. The molecule has 0 bridgehead atoms. The van der Waals surface area contributed by atoms with Crippen LogP contribution in [0.15, 0.2) is 0 Å². The molecule has 26 heavy (non-hydrogen) atoms. The van der Waals surface area contributed by atoms with Gasteiger partial charge in [0, 0.05) is 18.7 Å². The molecule has 6 heteroatoms. The third kappa shape index (κ3) is 8.67. The molecule has 5 nitrogen and oxygen atoms in total. The number of nitrogens with zero attached hydrogens (tertiary/aromatic N) is 1. The van der Waals surface area contributed by atoms with Gasteiger partial charge >= 0.3 is 11.9 Å². The van der Waals surface area contributed by atoms with Gasteiger partial charge in [0.1, 0.15) is 0 Å². The van der Waals surface area contributed by atoms with Gasteiger partial charge in [-0.2, -0.15) is 0 Å². The van der Waals surface area contributed by atoms with E-state index in [4.69, 9.17) is 9.16 Å². The number of hydrogen-bond acceptors (Lipinski definition) is 4. The maximum atomic E-state index is 12.3. The van der Waals surface area contributed by atoms with Crippen LogP contribution in [0.25, 0.3) is 0 Å². The second-order valence-electron chi connectivity index (χ2n) is 9.37. The fourth-order valence-electron chi connectivity index (χ4n) is 2.31.